The van der Waals surface area contributed by atoms with Gasteiger partial charge in [0.25, 0.3) is 0 Å². The van der Waals surface area contributed by atoms with E-state index in [2.05, 4.69) is 0 Å². The molecular formula is C28H34O16. The second kappa shape index (κ2) is 14.0. The molecular weight excluding hydrogens is 592 g/mol. The lowest BCUT2D eigenvalue weighted by Crippen LogP contribution is -2.60. The Labute approximate surface area is 250 Å². The van der Waals surface area contributed by atoms with Crippen LogP contribution in [0.1, 0.15) is 26.3 Å². The molecule has 2 aromatic carbocycles. The molecule has 10 atom stereocenters. The minimum atomic E-state index is -1.76. The molecule has 0 aliphatic carbocycles. The quantitative estimate of drug-likeness (QED) is 0.132. The number of aliphatic hydroxyl groups excluding tert-OH is 7. The number of ether oxygens (including phenoxy) is 6. The van der Waals surface area contributed by atoms with Gasteiger partial charge in [0.2, 0.25) is 12.6 Å². The molecule has 16 heteroatoms. The SMILES string of the molecule is COc1cc(C(=O)O)ccc1O[C@@H]1O[C@H](COC(=O)c2ccc(O[C@@H]3O[C@H](CO)[C@@H](O)[C@H](O)[C@H]3O)c(C)c2)[C@@H](O)[C@H](O)[C@H]1O. The Balaban J connectivity index is 1.39. The normalized spacial score (nSPS) is 32.0. The van der Waals surface area contributed by atoms with Crippen LogP contribution in [0, 0.1) is 6.92 Å². The maximum atomic E-state index is 12.8. The predicted octanol–water partition coefficient (Wildman–Crippen LogP) is -2.08. The number of hydrogen-bond donors (Lipinski definition) is 8. The lowest BCUT2D eigenvalue weighted by molar-refractivity contribution is -0.277. The summed E-state index contributed by atoms with van der Waals surface area (Å²) in [6.45, 7) is 0.368. The third-order valence-corrected chi connectivity index (χ3v) is 7.20. The highest BCUT2D eigenvalue weighted by atomic mass is 16.7. The molecule has 0 spiro atoms. The molecule has 2 heterocycles. The fourth-order valence-electron chi connectivity index (χ4n) is 4.61. The minimum absolute atomic E-state index is 0.00127. The lowest BCUT2D eigenvalue weighted by atomic mass is 9.99. The van der Waals surface area contributed by atoms with Crippen LogP contribution in [0.3, 0.4) is 0 Å². The highest BCUT2D eigenvalue weighted by Gasteiger charge is 2.46. The van der Waals surface area contributed by atoms with Crippen LogP contribution < -0.4 is 14.2 Å². The van der Waals surface area contributed by atoms with Gasteiger partial charge in [-0.3, -0.25) is 0 Å². The summed E-state index contributed by atoms with van der Waals surface area (Å²) >= 11 is 0. The second-order valence-corrected chi connectivity index (χ2v) is 10.2. The van der Waals surface area contributed by atoms with Gasteiger partial charge in [0.1, 0.15) is 61.2 Å². The first-order chi connectivity index (χ1) is 20.9. The number of aliphatic hydroxyl groups is 7. The smallest absolute Gasteiger partial charge is 0.338 e. The molecule has 0 amide bonds. The zero-order valence-electron chi connectivity index (χ0n) is 23.5. The Hall–Kier alpha value is -3.58. The number of carbonyl (C=O) groups excluding carboxylic acids is 1. The molecule has 0 bridgehead atoms. The number of aromatic carboxylic acids is 1. The summed E-state index contributed by atoms with van der Waals surface area (Å²) in [5, 5.41) is 79.9. The number of rotatable bonds is 10. The zero-order chi connectivity index (χ0) is 32.3. The van der Waals surface area contributed by atoms with E-state index in [-0.39, 0.29) is 28.4 Å². The molecule has 2 aliphatic rings. The Morgan fingerprint density at radius 3 is 1.84 bits per heavy atom. The molecule has 0 unspecified atom stereocenters. The van der Waals surface area contributed by atoms with Crippen LogP contribution in [0.5, 0.6) is 17.2 Å². The van der Waals surface area contributed by atoms with E-state index < -0.39 is 86.6 Å². The van der Waals surface area contributed by atoms with Crippen LogP contribution in [0.15, 0.2) is 36.4 Å². The molecule has 2 aromatic rings. The van der Waals surface area contributed by atoms with Crippen LogP contribution >= 0.6 is 0 Å². The second-order valence-electron chi connectivity index (χ2n) is 10.2. The number of carbonyl (C=O) groups is 2. The molecule has 2 aliphatic heterocycles. The first-order valence-corrected chi connectivity index (χ1v) is 13.4. The van der Waals surface area contributed by atoms with E-state index in [4.69, 9.17) is 28.4 Å². The van der Waals surface area contributed by atoms with Crippen molar-refractivity contribution >= 4 is 11.9 Å². The van der Waals surface area contributed by atoms with Crippen LogP contribution in [0.4, 0.5) is 0 Å². The van der Waals surface area contributed by atoms with E-state index in [1.807, 2.05) is 0 Å². The van der Waals surface area contributed by atoms with Gasteiger partial charge in [0.05, 0.1) is 24.8 Å². The monoisotopic (exact) mass is 626 g/mol. The lowest BCUT2D eigenvalue weighted by Gasteiger charge is -2.40. The molecule has 0 aromatic heterocycles. The summed E-state index contributed by atoms with van der Waals surface area (Å²) in [6, 6.07) is 7.74. The molecule has 16 nitrogen and oxygen atoms in total. The maximum Gasteiger partial charge on any atom is 0.338 e. The third-order valence-electron chi connectivity index (χ3n) is 7.20. The van der Waals surface area contributed by atoms with E-state index in [0.29, 0.717) is 5.56 Å². The van der Waals surface area contributed by atoms with Gasteiger partial charge in [-0.05, 0) is 48.9 Å². The van der Waals surface area contributed by atoms with Crippen LogP contribution in [0.25, 0.3) is 0 Å². The molecule has 44 heavy (non-hydrogen) atoms. The molecule has 242 valence electrons. The van der Waals surface area contributed by atoms with Crippen molar-refractivity contribution in [3.63, 3.8) is 0 Å². The van der Waals surface area contributed by atoms with Crippen molar-refractivity contribution in [2.75, 3.05) is 20.3 Å². The van der Waals surface area contributed by atoms with Crippen molar-refractivity contribution in [1.82, 2.24) is 0 Å². The Morgan fingerprint density at radius 2 is 1.27 bits per heavy atom. The van der Waals surface area contributed by atoms with Gasteiger partial charge in [-0.25, -0.2) is 9.59 Å². The van der Waals surface area contributed by atoms with Gasteiger partial charge in [-0.2, -0.15) is 0 Å². The largest absolute Gasteiger partial charge is 0.493 e. The summed E-state index contributed by atoms with van der Waals surface area (Å²) < 4.78 is 32.5. The number of hydrogen-bond acceptors (Lipinski definition) is 15. The summed E-state index contributed by atoms with van der Waals surface area (Å²) in [4.78, 5) is 24.0. The highest BCUT2D eigenvalue weighted by molar-refractivity contribution is 5.90. The standard InChI is InChI=1S/C28H34O16/c1-11-7-13(4-5-14(11)41-27-23(34)21(32)19(30)17(9-29)43-27)26(38)40-10-18-20(31)22(33)24(35)28(44-18)42-15-6-3-12(25(36)37)8-16(15)39-2/h3-8,17-24,27-35H,9-10H2,1-2H3,(H,36,37)/t17-,18-,19-,20-,21+,22+,23-,24-,27-,28-/m1/s1. The zero-order valence-corrected chi connectivity index (χ0v) is 23.5. The van der Waals surface area contributed by atoms with Crippen molar-refractivity contribution in [3.05, 3.63) is 53.1 Å². The van der Waals surface area contributed by atoms with E-state index in [1.165, 1.54) is 43.5 Å². The molecule has 2 saturated heterocycles. The number of carboxylic acids is 1. The molecule has 8 N–H and O–H groups in total. The minimum Gasteiger partial charge on any atom is -0.493 e. The van der Waals surface area contributed by atoms with Crippen molar-refractivity contribution in [2.24, 2.45) is 0 Å². The van der Waals surface area contributed by atoms with Gasteiger partial charge < -0.3 is 69.3 Å². The molecule has 2 fully saturated rings. The van der Waals surface area contributed by atoms with E-state index in [0.717, 1.165) is 0 Å². The molecule has 0 saturated carbocycles. The van der Waals surface area contributed by atoms with Gasteiger partial charge in [0.15, 0.2) is 11.5 Å². The number of benzene rings is 2. The summed E-state index contributed by atoms with van der Waals surface area (Å²) in [7, 11) is 1.27. The first kappa shape index (κ1) is 33.3. The summed E-state index contributed by atoms with van der Waals surface area (Å²) in [5.41, 5.74) is 0.342. The van der Waals surface area contributed by atoms with Crippen LogP contribution in [-0.4, -0.2) is 135 Å². The number of carboxylic acid groups (broad SMARTS) is 1. The Bertz CT molecular complexity index is 1320. The average molecular weight is 627 g/mol. The van der Waals surface area contributed by atoms with Crippen molar-refractivity contribution in [1.29, 1.82) is 0 Å². The van der Waals surface area contributed by atoms with E-state index >= 15 is 0 Å². The summed E-state index contributed by atoms with van der Waals surface area (Å²) in [6.07, 6.45) is -15.5. The maximum absolute atomic E-state index is 12.8. The highest BCUT2D eigenvalue weighted by Crippen LogP contribution is 2.32. The van der Waals surface area contributed by atoms with Gasteiger partial charge >= 0.3 is 11.9 Å². The van der Waals surface area contributed by atoms with E-state index in [1.54, 1.807) is 6.92 Å². The van der Waals surface area contributed by atoms with E-state index in [9.17, 15) is 50.4 Å². The Kier molecular flexibility index (Phi) is 10.6. The third kappa shape index (κ3) is 7.04. The van der Waals surface area contributed by atoms with Crippen LogP contribution in [-0.2, 0) is 14.2 Å². The van der Waals surface area contributed by atoms with Crippen molar-refractivity contribution < 1.29 is 78.9 Å². The summed E-state index contributed by atoms with van der Waals surface area (Å²) in [5.74, 6) is -1.94. The fraction of sp³-hybridized carbons (Fsp3) is 0.500. The van der Waals surface area contributed by atoms with Crippen LogP contribution in [0.2, 0.25) is 0 Å². The van der Waals surface area contributed by atoms with Crippen molar-refractivity contribution in [2.45, 2.75) is 68.3 Å². The predicted molar refractivity (Wildman–Crippen MR) is 143 cm³/mol. The molecule has 0 radical (unpaired) electrons. The first-order valence-electron chi connectivity index (χ1n) is 13.4. The topological polar surface area (TPSA) is 251 Å². The van der Waals surface area contributed by atoms with Gasteiger partial charge in [0, 0.05) is 0 Å². The number of esters is 1. The Morgan fingerprint density at radius 1 is 0.727 bits per heavy atom. The number of methoxy groups -OCH3 is 1. The fourth-order valence-corrected chi connectivity index (χ4v) is 4.61. The van der Waals surface area contributed by atoms with Gasteiger partial charge in [-0.1, -0.05) is 0 Å². The molecule has 4 rings (SSSR count). The van der Waals surface area contributed by atoms with Crippen molar-refractivity contribution in [3.8, 4) is 17.2 Å². The van der Waals surface area contributed by atoms with Gasteiger partial charge in [-0.15, -0.1) is 0 Å². The average Bonchev–Trinajstić information content (AvgIpc) is 3.01. The number of aryl methyl sites for hydroxylation is 1.